The van der Waals surface area contributed by atoms with Crippen LogP contribution < -0.4 is 10.2 Å². The van der Waals surface area contributed by atoms with Crippen LogP contribution in [-0.4, -0.2) is 24.1 Å². The van der Waals surface area contributed by atoms with E-state index in [9.17, 15) is 0 Å². The lowest BCUT2D eigenvalue weighted by Gasteiger charge is -2.28. The van der Waals surface area contributed by atoms with Gasteiger partial charge in [0.05, 0.1) is 0 Å². The Bertz CT molecular complexity index is 414. The number of aryl methyl sites for hydroxylation is 1. The fraction of sp³-hybridized carbons (Fsp3) is 0.722. The molecule has 1 N–H and O–H groups in total. The fourth-order valence-electron chi connectivity index (χ4n) is 2.45. The van der Waals surface area contributed by atoms with Crippen molar-refractivity contribution in [2.24, 2.45) is 11.8 Å². The van der Waals surface area contributed by atoms with Gasteiger partial charge in [0.2, 0.25) is 0 Å². The summed E-state index contributed by atoms with van der Waals surface area (Å²) in [5.41, 5.74) is 2.43. The molecule has 0 radical (unpaired) electrons. The van der Waals surface area contributed by atoms with Crippen molar-refractivity contribution in [3.05, 3.63) is 23.4 Å². The Morgan fingerprint density at radius 3 is 2.05 bits per heavy atom. The van der Waals surface area contributed by atoms with Crippen molar-refractivity contribution in [3.63, 3.8) is 0 Å². The largest absolute Gasteiger partial charge is 0.356 e. The van der Waals surface area contributed by atoms with E-state index < -0.39 is 0 Å². The average molecular weight is 291 g/mol. The maximum absolute atomic E-state index is 4.77. The number of pyridine rings is 1. The molecule has 0 aliphatic rings. The Morgan fingerprint density at radius 2 is 1.57 bits per heavy atom. The number of hydrogen-bond acceptors (Lipinski definition) is 3. The van der Waals surface area contributed by atoms with E-state index in [1.165, 1.54) is 5.56 Å². The van der Waals surface area contributed by atoms with E-state index in [0.717, 1.165) is 31.1 Å². The molecule has 0 atom stereocenters. The summed E-state index contributed by atoms with van der Waals surface area (Å²) in [4.78, 5) is 7.20. The minimum atomic E-state index is 0.504. The van der Waals surface area contributed by atoms with Crippen molar-refractivity contribution in [1.82, 2.24) is 10.3 Å². The van der Waals surface area contributed by atoms with Crippen molar-refractivity contribution in [3.8, 4) is 0 Å². The Balaban J connectivity index is 2.95. The third-order valence-electron chi connectivity index (χ3n) is 3.21. The van der Waals surface area contributed by atoms with Crippen LogP contribution in [-0.2, 0) is 6.54 Å². The van der Waals surface area contributed by atoms with Crippen LogP contribution in [0, 0.1) is 18.8 Å². The van der Waals surface area contributed by atoms with Gasteiger partial charge in [-0.1, -0.05) is 41.5 Å². The molecule has 0 aliphatic carbocycles. The lowest BCUT2D eigenvalue weighted by atomic mass is 10.1. The molecule has 0 bridgehead atoms. The topological polar surface area (TPSA) is 28.2 Å². The predicted molar refractivity (Wildman–Crippen MR) is 92.8 cm³/mol. The van der Waals surface area contributed by atoms with Crippen LogP contribution in [0.25, 0.3) is 0 Å². The van der Waals surface area contributed by atoms with Crippen LogP contribution in [0.3, 0.4) is 0 Å². The standard InChI is InChI=1S/C18H33N3/c1-13(2)11-21(12-14(3)4)18-9-17(8-16(7)20-18)10-19-15(5)6/h8-9,13-15,19H,10-12H2,1-7H3. The molecule has 0 spiro atoms. The number of aromatic nitrogens is 1. The normalized spacial score (nSPS) is 11.7. The molecular formula is C18H33N3. The first kappa shape index (κ1) is 18.0. The van der Waals surface area contributed by atoms with Gasteiger partial charge in [-0.2, -0.15) is 0 Å². The molecular weight excluding hydrogens is 258 g/mol. The molecule has 1 rings (SSSR count). The highest BCUT2D eigenvalue weighted by Crippen LogP contribution is 2.18. The Labute approximate surface area is 131 Å². The van der Waals surface area contributed by atoms with E-state index in [0.29, 0.717) is 17.9 Å². The van der Waals surface area contributed by atoms with Crippen molar-refractivity contribution < 1.29 is 0 Å². The lowest BCUT2D eigenvalue weighted by molar-refractivity contribution is 0.547. The molecule has 0 amide bonds. The van der Waals surface area contributed by atoms with Gasteiger partial charge in [0.25, 0.3) is 0 Å². The molecule has 0 unspecified atom stereocenters. The zero-order valence-corrected chi connectivity index (χ0v) is 14.9. The fourth-order valence-corrected chi connectivity index (χ4v) is 2.45. The highest BCUT2D eigenvalue weighted by Gasteiger charge is 2.13. The second-order valence-electron chi connectivity index (χ2n) is 7.20. The first-order chi connectivity index (χ1) is 9.77. The molecule has 0 aliphatic heterocycles. The van der Waals surface area contributed by atoms with E-state index in [1.807, 2.05) is 0 Å². The average Bonchev–Trinajstić information content (AvgIpc) is 2.33. The van der Waals surface area contributed by atoms with E-state index in [1.54, 1.807) is 0 Å². The Hall–Kier alpha value is -1.09. The SMILES string of the molecule is Cc1cc(CNC(C)C)cc(N(CC(C)C)CC(C)C)n1. The Kier molecular flexibility index (Phi) is 7.16. The molecule has 0 saturated carbocycles. The van der Waals surface area contributed by atoms with Crippen molar-refractivity contribution in [2.45, 2.75) is 61.1 Å². The van der Waals surface area contributed by atoms with Crippen LogP contribution >= 0.6 is 0 Å². The maximum atomic E-state index is 4.77. The third kappa shape index (κ3) is 6.94. The van der Waals surface area contributed by atoms with Crippen LogP contribution in [0.4, 0.5) is 5.82 Å². The first-order valence-electron chi connectivity index (χ1n) is 8.23. The van der Waals surface area contributed by atoms with E-state index in [2.05, 4.69) is 70.8 Å². The number of hydrogen-bond donors (Lipinski definition) is 1. The summed E-state index contributed by atoms with van der Waals surface area (Å²) >= 11 is 0. The first-order valence-corrected chi connectivity index (χ1v) is 8.23. The maximum Gasteiger partial charge on any atom is 0.129 e. The zero-order chi connectivity index (χ0) is 16.0. The lowest BCUT2D eigenvalue weighted by Crippen LogP contribution is -2.32. The molecule has 21 heavy (non-hydrogen) atoms. The summed E-state index contributed by atoms with van der Waals surface area (Å²) in [6.45, 7) is 18.6. The second-order valence-corrected chi connectivity index (χ2v) is 7.20. The molecule has 3 nitrogen and oxygen atoms in total. The van der Waals surface area contributed by atoms with Crippen molar-refractivity contribution >= 4 is 5.82 Å². The smallest absolute Gasteiger partial charge is 0.129 e. The van der Waals surface area contributed by atoms with Gasteiger partial charge in [-0.25, -0.2) is 4.98 Å². The summed E-state index contributed by atoms with van der Waals surface area (Å²) in [6.07, 6.45) is 0. The van der Waals surface area contributed by atoms with Gasteiger partial charge in [0.15, 0.2) is 0 Å². The molecule has 0 aromatic carbocycles. The molecule has 1 heterocycles. The van der Waals surface area contributed by atoms with Crippen LogP contribution in [0.2, 0.25) is 0 Å². The van der Waals surface area contributed by atoms with Gasteiger partial charge in [0.1, 0.15) is 5.82 Å². The molecule has 0 fully saturated rings. The number of nitrogens with one attached hydrogen (secondary N) is 1. The second kappa shape index (κ2) is 8.38. The van der Waals surface area contributed by atoms with E-state index in [4.69, 9.17) is 4.98 Å². The van der Waals surface area contributed by atoms with E-state index >= 15 is 0 Å². The third-order valence-corrected chi connectivity index (χ3v) is 3.21. The zero-order valence-electron chi connectivity index (χ0n) is 14.9. The van der Waals surface area contributed by atoms with Crippen LogP contribution in [0.1, 0.15) is 52.8 Å². The van der Waals surface area contributed by atoms with Gasteiger partial charge < -0.3 is 10.2 Å². The van der Waals surface area contributed by atoms with Gasteiger partial charge in [-0.3, -0.25) is 0 Å². The van der Waals surface area contributed by atoms with Gasteiger partial charge in [-0.15, -0.1) is 0 Å². The highest BCUT2D eigenvalue weighted by molar-refractivity contribution is 5.43. The van der Waals surface area contributed by atoms with Gasteiger partial charge >= 0.3 is 0 Å². The number of rotatable bonds is 8. The van der Waals surface area contributed by atoms with Crippen LogP contribution in [0.15, 0.2) is 12.1 Å². The molecule has 1 aromatic heterocycles. The minimum absolute atomic E-state index is 0.504. The van der Waals surface area contributed by atoms with Crippen molar-refractivity contribution in [1.29, 1.82) is 0 Å². The summed E-state index contributed by atoms with van der Waals surface area (Å²) in [6, 6.07) is 4.93. The highest BCUT2D eigenvalue weighted by atomic mass is 15.2. The van der Waals surface area contributed by atoms with Gasteiger partial charge in [-0.05, 0) is 36.5 Å². The number of nitrogens with zero attached hydrogens (tertiary/aromatic N) is 2. The molecule has 3 heteroatoms. The summed E-state index contributed by atoms with van der Waals surface area (Å²) in [5.74, 6) is 2.41. The Morgan fingerprint density at radius 1 is 1.00 bits per heavy atom. The van der Waals surface area contributed by atoms with Gasteiger partial charge in [0, 0.05) is 31.4 Å². The molecule has 1 aromatic rings. The summed E-state index contributed by atoms with van der Waals surface area (Å²) < 4.78 is 0. The van der Waals surface area contributed by atoms with E-state index in [-0.39, 0.29) is 0 Å². The molecule has 0 saturated heterocycles. The predicted octanol–water partition coefficient (Wildman–Crippen LogP) is 4.01. The monoisotopic (exact) mass is 291 g/mol. The van der Waals surface area contributed by atoms with Crippen LogP contribution in [0.5, 0.6) is 0 Å². The quantitative estimate of drug-likeness (QED) is 0.784. The summed E-state index contributed by atoms with van der Waals surface area (Å²) in [7, 11) is 0. The number of anilines is 1. The minimum Gasteiger partial charge on any atom is -0.356 e. The summed E-state index contributed by atoms with van der Waals surface area (Å²) in [5, 5.41) is 3.49. The van der Waals surface area contributed by atoms with Crippen molar-refractivity contribution in [2.75, 3.05) is 18.0 Å². The molecule has 120 valence electrons.